The zero-order valence-corrected chi connectivity index (χ0v) is 12.0. The maximum atomic E-state index is 11.2. The lowest BCUT2D eigenvalue weighted by Gasteiger charge is -2.16. The van der Waals surface area contributed by atoms with Gasteiger partial charge in [-0.2, -0.15) is 0 Å². The maximum Gasteiger partial charge on any atom is 0.236 e. The summed E-state index contributed by atoms with van der Waals surface area (Å²) in [4.78, 5) is 0. The molecule has 1 saturated heterocycles. The van der Waals surface area contributed by atoms with Gasteiger partial charge < -0.3 is 14.2 Å². The number of halogens is 1. The minimum absolute atomic E-state index is 0.0308. The molecule has 0 aromatic heterocycles. The molecule has 1 aromatic carbocycles. The molecule has 0 saturated carbocycles. The van der Waals surface area contributed by atoms with Gasteiger partial charge in [0, 0.05) is 22.7 Å². The molecule has 0 amide bonds. The largest absolute Gasteiger partial charge is 0.493 e. The van der Waals surface area contributed by atoms with E-state index in [4.69, 9.17) is 24.9 Å². The van der Waals surface area contributed by atoms with Gasteiger partial charge in [0.05, 0.1) is 26.1 Å². The number of para-hydroxylation sites is 1. The van der Waals surface area contributed by atoms with E-state index < -0.39 is 9.05 Å². The quantitative estimate of drug-likeness (QED) is 0.778. The second-order valence-corrected chi connectivity index (χ2v) is 7.01. The van der Waals surface area contributed by atoms with Crippen LogP contribution in [0.2, 0.25) is 0 Å². The van der Waals surface area contributed by atoms with Crippen molar-refractivity contribution in [2.75, 3.05) is 20.3 Å². The Bertz CT molecular complexity index is 537. The van der Waals surface area contributed by atoms with Crippen LogP contribution < -0.4 is 9.47 Å². The van der Waals surface area contributed by atoms with Crippen LogP contribution in [-0.4, -0.2) is 34.8 Å². The summed E-state index contributed by atoms with van der Waals surface area (Å²) in [6, 6.07) is 5.10. The third-order valence-electron chi connectivity index (χ3n) is 2.77. The molecule has 1 aliphatic heterocycles. The smallest absolute Gasteiger partial charge is 0.236 e. The van der Waals surface area contributed by atoms with Crippen molar-refractivity contribution in [3.8, 4) is 11.5 Å². The third kappa shape index (κ3) is 3.99. The van der Waals surface area contributed by atoms with Crippen LogP contribution in [0.25, 0.3) is 0 Å². The van der Waals surface area contributed by atoms with Gasteiger partial charge >= 0.3 is 0 Å². The molecule has 0 spiro atoms. The van der Waals surface area contributed by atoms with Crippen LogP contribution in [0.5, 0.6) is 11.5 Å². The van der Waals surface area contributed by atoms with Crippen molar-refractivity contribution in [3.63, 3.8) is 0 Å². The van der Waals surface area contributed by atoms with Gasteiger partial charge in [-0.05, 0) is 6.07 Å². The number of hydrogen-bond acceptors (Lipinski definition) is 5. The fourth-order valence-electron chi connectivity index (χ4n) is 1.97. The monoisotopic (exact) mass is 306 g/mol. The highest BCUT2D eigenvalue weighted by molar-refractivity contribution is 8.13. The molecule has 0 N–H and O–H groups in total. The van der Waals surface area contributed by atoms with Crippen molar-refractivity contribution in [3.05, 3.63) is 23.8 Å². The van der Waals surface area contributed by atoms with Crippen molar-refractivity contribution < 1.29 is 22.6 Å². The predicted octanol–water partition coefficient (Wildman–Crippen LogP) is 1.93. The highest BCUT2D eigenvalue weighted by Crippen LogP contribution is 2.34. The summed E-state index contributed by atoms with van der Waals surface area (Å²) in [7, 11) is 3.10. The van der Waals surface area contributed by atoms with E-state index in [0.717, 1.165) is 6.42 Å². The Morgan fingerprint density at radius 2 is 2.26 bits per heavy atom. The molecule has 5 nitrogen and oxygen atoms in total. The number of rotatable bonds is 5. The number of benzene rings is 1. The van der Waals surface area contributed by atoms with Gasteiger partial charge in [-0.25, -0.2) is 8.42 Å². The van der Waals surface area contributed by atoms with Gasteiger partial charge in [0.1, 0.15) is 6.10 Å². The molecular formula is C12H15ClO5S. The highest BCUT2D eigenvalue weighted by Gasteiger charge is 2.21. The number of ether oxygens (including phenoxy) is 3. The summed E-state index contributed by atoms with van der Waals surface area (Å²) < 4.78 is 38.6. The van der Waals surface area contributed by atoms with E-state index in [2.05, 4.69) is 0 Å². The Morgan fingerprint density at radius 1 is 1.47 bits per heavy atom. The first-order valence-corrected chi connectivity index (χ1v) is 8.30. The lowest BCUT2D eigenvalue weighted by atomic mass is 10.2. The molecule has 1 atom stereocenters. The van der Waals surface area contributed by atoms with Gasteiger partial charge in [0.15, 0.2) is 11.5 Å². The Labute approximate surface area is 116 Å². The van der Waals surface area contributed by atoms with E-state index in [0.29, 0.717) is 30.3 Å². The molecule has 0 aliphatic carbocycles. The van der Waals surface area contributed by atoms with Gasteiger partial charge in [-0.1, -0.05) is 12.1 Å². The van der Waals surface area contributed by atoms with E-state index in [-0.39, 0.29) is 11.9 Å². The lowest BCUT2D eigenvalue weighted by Crippen LogP contribution is -2.16. The van der Waals surface area contributed by atoms with Crippen molar-refractivity contribution >= 4 is 19.7 Å². The van der Waals surface area contributed by atoms with Gasteiger partial charge in [-0.3, -0.25) is 0 Å². The average molecular weight is 307 g/mol. The summed E-state index contributed by atoms with van der Waals surface area (Å²) in [5, 5.41) is 0. The summed E-state index contributed by atoms with van der Waals surface area (Å²) in [6.45, 7) is 1.20. The molecular weight excluding hydrogens is 292 g/mol. The minimum atomic E-state index is -3.64. The Kier molecular flexibility index (Phi) is 4.54. The maximum absolute atomic E-state index is 11.2. The lowest BCUT2D eigenvalue weighted by molar-refractivity contribution is 0.138. The normalized spacial score (nSPS) is 19.4. The first kappa shape index (κ1) is 14.4. The SMILES string of the molecule is COc1c(CS(=O)(=O)Cl)cccc1OC1CCOC1. The van der Waals surface area contributed by atoms with Crippen LogP contribution in [0.4, 0.5) is 0 Å². The number of methoxy groups -OCH3 is 1. The van der Waals surface area contributed by atoms with Crippen LogP contribution in [0.1, 0.15) is 12.0 Å². The van der Waals surface area contributed by atoms with Crippen molar-refractivity contribution in [2.45, 2.75) is 18.3 Å². The zero-order valence-electron chi connectivity index (χ0n) is 10.5. The van der Waals surface area contributed by atoms with Gasteiger partial charge in [-0.15, -0.1) is 0 Å². The van der Waals surface area contributed by atoms with Crippen LogP contribution >= 0.6 is 10.7 Å². The molecule has 106 valence electrons. The van der Waals surface area contributed by atoms with Crippen molar-refractivity contribution in [2.24, 2.45) is 0 Å². The number of hydrogen-bond donors (Lipinski definition) is 0. The van der Waals surface area contributed by atoms with Crippen molar-refractivity contribution in [1.82, 2.24) is 0 Å². The van der Waals surface area contributed by atoms with Crippen LogP contribution in [0.3, 0.4) is 0 Å². The van der Waals surface area contributed by atoms with E-state index in [9.17, 15) is 8.42 Å². The molecule has 19 heavy (non-hydrogen) atoms. The third-order valence-corrected chi connectivity index (χ3v) is 3.76. The van der Waals surface area contributed by atoms with Crippen molar-refractivity contribution in [1.29, 1.82) is 0 Å². The fraction of sp³-hybridized carbons (Fsp3) is 0.500. The van der Waals surface area contributed by atoms with E-state index >= 15 is 0 Å². The average Bonchev–Trinajstić information content (AvgIpc) is 2.80. The highest BCUT2D eigenvalue weighted by atomic mass is 35.7. The summed E-state index contributed by atoms with van der Waals surface area (Å²) in [5.74, 6) is 0.616. The molecule has 0 bridgehead atoms. The van der Waals surface area contributed by atoms with E-state index in [1.165, 1.54) is 7.11 Å². The van der Waals surface area contributed by atoms with E-state index in [1.54, 1.807) is 18.2 Å². The molecule has 1 aromatic rings. The van der Waals surface area contributed by atoms with Crippen LogP contribution in [-0.2, 0) is 19.5 Å². The summed E-state index contributed by atoms with van der Waals surface area (Å²) in [6.07, 6.45) is 0.776. The topological polar surface area (TPSA) is 61.8 Å². The molecule has 1 fully saturated rings. The zero-order chi connectivity index (χ0) is 13.9. The molecule has 1 aliphatic rings. The Morgan fingerprint density at radius 3 is 2.84 bits per heavy atom. The van der Waals surface area contributed by atoms with Crippen LogP contribution in [0.15, 0.2) is 18.2 Å². The molecule has 1 unspecified atom stereocenters. The molecule has 7 heteroatoms. The second-order valence-electron chi connectivity index (χ2n) is 4.24. The van der Waals surface area contributed by atoms with Gasteiger partial charge in [0.25, 0.3) is 0 Å². The summed E-state index contributed by atoms with van der Waals surface area (Å²) >= 11 is 0. The van der Waals surface area contributed by atoms with E-state index in [1.807, 2.05) is 0 Å². The predicted molar refractivity (Wildman–Crippen MR) is 71.3 cm³/mol. The van der Waals surface area contributed by atoms with Gasteiger partial charge in [0.2, 0.25) is 9.05 Å². The molecule has 0 radical (unpaired) electrons. The minimum Gasteiger partial charge on any atom is -0.493 e. The standard InChI is InChI=1S/C12H15ClO5S/c1-16-12-9(8-19(13,14)15)3-2-4-11(12)18-10-5-6-17-7-10/h2-4,10H,5-8H2,1H3. The molecule has 1 heterocycles. The Balaban J connectivity index is 2.25. The second kappa shape index (κ2) is 5.98. The van der Waals surface area contributed by atoms with Crippen LogP contribution in [0, 0.1) is 0 Å². The first-order valence-electron chi connectivity index (χ1n) is 5.82. The summed E-state index contributed by atoms with van der Waals surface area (Å²) in [5.41, 5.74) is 0.480. The molecule has 2 rings (SSSR count). The first-order chi connectivity index (χ1) is 8.99. The fourth-order valence-corrected chi connectivity index (χ4v) is 2.92. The Hall–Kier alpha value is -0.980.